The number of thiophene rings is 1. The maximum atomic E-state index is 5.48. The first-order valence-electron chi connectivity index (χ1n) is 7.30. The number of fused-ring (bicyclic) bond motifs is 1. The normalized spacial score (nSPS) is 18.9. The molecular weight excluding hydrogens is 270 g/mol. The molecule has 5 heteroatoms. The second-order valence-corrected chi connectivity index (χ2v) is 6.58. The number of aryl methyl sites for hydroxylation is 2. The van der Waals surface area contributed by atoms with Crippen molar-refractivity contribution in [3.8, 4) is 0 Å². The molecule has 1 aliphatic rings. The van der Waals surface area contributed by atoms with Gasteiger partial charge in [-0.1, -0.05) is 6.92 Å². The average molecular weight is 291 g/mol. The molecule has 108 valence electrons. The first-order valence-corrected chi connectivity index (χ1v) is 8.11. The van der Waals surface area contributed by atoms with Gasteiger partial charge in [-0.3, -0.25) is 0 Å². The van der Waals surface area contributed by atoms with Gasteiger partial charge in [-0.15, -0.1) is 11.3 Å². The maximum absolute atomic E-state index is 5.48. The minimum absolute atomic E-state index is 0.351. The fraction of sp³-hybridized carbons (Fsp3) is 0.600. The van der Waals surface area contributed by atoms with Crippen molar-refractivity contribution in [3.05, 3.63) is 16.3 Å². The van der Waals surface area contributed by atoms with Gasteiger partial charge in [0.2, 0.25) is 0 Å². The largest absolute Gasteiger partial charge is 0.381 e. The molecule has 1 atom stereocenters. The third kappa shape index (κ3) is 2.40. The summed E-state index contributed by atoms with van der Waals surface area (Å²) in [7, 11) is 0. The van der Waals surface area contributed by atoms with E-state index in [2.05, 4.69) is 26.1 Å². The lowest BCUT2D eigenvalue weighted by Crippen LogP contribution is -2.09. The van der Waals surface area contributed by atoms with Gasteiger partial charge in [0.05, 0.1) is 12.0 Å². The predicted molar refractivity (Wildman–Crippen MR) is 83.8 cm³/mol. The van der Waals surface area contributed by atoms with Crippen molar-refractivity contribution >= 4 is 27.4 Å². The topological polar surface area (TPSA) is 47.0 Å². The number of nitrogens with one attached hydrogen (secondary N) is 1. The maximum Gasteiger partial charge on any atom is 0.138 e. The van der Waals surface area contributed by atoms with Gasteiger partial charge in [0.1, 0.15) is 16.5 Å². The van der Waals surface area contributed by atoms with E-state index in [0.717, 1.165) is 49.1 Å². The molecule has 0 saturated carbocycles. The van der Waals surface area contributed by atoms with E-state index < -0.39 is 0 Å². The SMILES string of the molecule is CCCNc1nc(C2CCOC2)nc2sc(C)c(C)c12. The van der Waals surface area contributed by atoms with Crippen molar-refractivity contribution in [1.82, 2.24) is 9.97 Å². The number of aromatic nitrogens is 2. The Labute approximate surface area is 123 Å². The monoisotopic (exact) mass is 291 g/mol. The Morgan fingerprint density at radius 2 is 2.20 bits per heavy atom. The zero-order valence-corrected chi connectivity index (χ0v) is 13.1. The molecule has 1 N–H and O–H groups in total. The van der Waals surface area contributed by atoms with Crippen molar-refractivity contribution in [2.24, 2.45) is 0 Å². The van der Waals surface area contributed by atoms with E-state index in [9.17, 15) is 0 Å². The molecule has 4 nitrogen and oxygen atoms in total. The van der Waals surface area contributed by atoms with Crippen LogP contribution < -0.4 is 5.32 Å². The first kappa shape index (κ1) is 13.8. The van der Waals surface area contributed by atoms with Crippen LogP contribution in [0.15, 0.2) is 0 Å². The van der Waals surface area contributed by atoms with E-state index >= 15 is 0 Å². The van der Waals surface area contributed by atoms with E-state index in [4.69, 9.17) is 14.7 Å². The lowest BCUT2D eigenvalue weighted by molar-refractivity contribution is 0.193. The van der Waals surface area contributed by atoms with Crippen LogP contribution >= 0.6 is 11.3 Å². The summed E-state index contributed by atoms with van der Waals surface area (Å²) in [6, 6.07) is 0. The van der Waals surface area contributed by atoms with Gasteiger partial charge >= 0.3 is 0 Å². The quantitative estimate of drug-likeness (QED) is 0.934. The summed E-state index contributed by atoms with van der Waals surface area (Å²) in [5, 5.41) is 4.67. The Balaban J connectivity index is 2.09. The molecular formula is C15H21N3OS. The van der Waals surface area contributed by atoms with E-state index in [1.807, 2.05) is 0 Å². The van der Waals surface area contributed by atoms with Crippen LogP contribution in [0, 0.1) is 13.8 Å². The van der Waals surface area contributed by atoms with Crippen molar-refractivity contribution in [2.75, 3.05) is 25.1 Å². The smallest absolute Gasteiger partial charge is 0.138 e. The summed E-state index contributed by atoms with van der Waals surface area (Å²) in [6.07, 6.45) is 2.12. The Morgan fingerprint density at radius 3 is 2.90 bits per heavy atom. The van der Waals surface area contributed by atoms with Gasteiger partial charge in [0.15, 0.2) is 0 Å². The van der Waals surface area contributed by atoms with Crippen molar-refractivity contribution < 1.29 is 4.74 Å². The molecule has 1 fully saturated rings. The Kier molecular flexibility index (Phi) is 3.89. The molecule has 2 aromatic heterocycles. The number of nitrogens with zero attached hydrogens (tertiary/aromatic N) is 2. The molecule has 0 bridgehead atoms. The molecule has 1 saturated heterocycles. The van der Waals surface area contributed by atoms with Crippen LogP contribution in [0.25, 0.3) is 10.2 Å². The number of hydrogen-bond acceptors (Lipinski definition) is 5. The highest BCUT2D eigenvalue weighted by Gasteiger charge is 2.23. The zero-order valence-electron chi connectivity index (χ0n) is 12.3. The van der Waals surface area contributed by atoms with Crippen LogP contribution in [0.2, 0.25) is 0 Å². The van der Waals surface area contributed by atoms with Crippen LogP contribution in [0.3, 0.4) is 0 Å². The van der Waals surface area contributed by atoms with E-state index in [1.165, 1.54) is 15.8 Å². The summed E-state index contributed by atoms with van der Waals surface area (Å²) in [5.74, 6) is 2.29. The number of hydrogen-bond donors (Lipinski definition) is 1. The van der Waals surface area contributed by atoms with Gasteiger partial charge in [-0.25, -0.2) is 9.97 Å². The summed E-state index contributed by atoms with van der Waals surface area (Å²) in [5.41, 5.74) is 1.30. The summed E-state index contributed by atoms with van der Waals surface area (Å²) in [4.78, 5) is 12.0. The second kappa shape index (κ2) is 5.66. The van der Waals surface area contributed by atoms with Crippen LogP contribution in [-0.2, 0) is 4.74 Å². The standard InChI is InChI=1S/C15H21N3OS/c1-4-6-16-14-12-9(2)10(3)20-15(12)18-13(17-14)11-5-7-19-8-11/h11H,4-8H2,1-3H3,(H,16,17,18). The van der Waals surface area contributed by atoms with Crippen LogP contribution in [0.4, 0.5) is 5.82 Å². The summed E-state index contributed by atoms with van der Waals surface area (Å²) in [6.45, 7) is 9.01. The van der Waals surface area contributed by atoms with Crippen molar-refractivity contribution in [1.29, 1.82) is 0 Å². The molecule has 0 amide bonds. The summed E-state index contributed by atoms with van der Waals surface area (Å²) >= 11 is 1.77. The minimum Gasteiger partial charge on any atom is -0.381 e. The number of ether oxygens (including phenoxy) is 1. The molecule has 0 aliphatic carbocycles. The van der Waals surface area contributed by atoms with Gasteiger partial charge in [0, 0.05) is 23.9 Å². The van der Waals surface area contributed by atoms with Gasteiger partial charge in [0.25, 0.3) is 0 Å². The van der Waals surface area contributed by atoms with Crippen molar-refractivity contribution in [3.63, 3.8) is 0 Å². The van der Waals surface area contributed by atoms with E-state index in [1.54, 1.807) is 11.3 Å². The predicted octanol–water partition coefficient (Wildman–Crippen LogP) is 3.63. The molecule has 1 aliphatic heterocycles. The highest BCUT2D eigenvalue weighted by atomic mass is 32.1. The van der Waals surface area contributed by atoms with Crippen molar-refractivity contribution in [2.45, 2.75) is 39.5 Å². The Morgan fingerprint density at radius 1 is 1.35 bits per heavy atom. The van der Waals surface area contributed by atoms with Gasteiger partial charge < -0.3 is 10.1 Å². The highest BCUT2D eigenvalue weighted by Crippen LogP contribution is 2.35. The molecule has 2 aromatic rings. The molecule has 3 rings (SSSR count). The van der Waals surface area contributed by atoms with Gasteiger partial charge in [-0.2, -0.15) is 0 Å². The first-order chi connectivity index (χ1) is 9.70. The zero-order chi connectivity index (χ0) is 14.1. The van der Waals surface area contributed by atoms with E-state index in [0.29, 0.717) is 5.92 Å². The number of rotatable bonds is 4. The second-order valence-electron chi connectivity index (χ2n) is 5.38. The minimum atomic E-state index is 0.351. The molecule has 0 aromatic carbocycles. The summed E-state index contributed by atoms with van der Waals surface area (Å²) < 4.78 is 5.48. The van der Waals surface area contributed by atoms with Crippen LogP contribution in [0.1, 0.15) is 41.9 Å². The molecule has 3 heterocycles. The fourth-order valence-electron chi connectivity index (χ4n) is 2.56. The molecule has 0 spiro atoms. The third-order valence-electron chi connectivity index (χ3n) is 3.88. The highest BCUT2D eigenvalue weighted by molar-refractivity contribution is 7.18. The van der Waals surface area contributed by atoms with Gasteiger partial charge in [-0.05, 0) is 32.3 Å². The third-order valence-corrected chi connectivity index (χ3v) is 4.98. The Hall–Kier alpha value is -1.20. The van der Waals surface area contributed by atoms with E-state index in [-0.39, 0.29) is 0 Å². The average Bonchev–Trinajstić information content (AvgIpc) is 3.06. The van der Waals surface area contributed by atoms with Crippen LogP contribution in [0.5, 0.6) is 0 Å². The number of anilines is 1. The fourth-order valence-corrected chi connectivity index (χ4v) is 3.59. The Bertz CT molecular complexity index is 617. The lowest BCUT2D eigenvalue weighted by atomic mass is 10.1. The molecule has 0 radical (unpaired) electrons. The molecule has 20 heavy (non-hydrogen) atoms. The van der Waals surface area contributed by atoms with Crippen LogP contribution in [-0.4, -0.2) is 29.7 Å². The molecule has 1 unspecified atom stereocenters. The lowest BCUT2D eigenvalue weighted by Gasteiger charge is -2.11.